The summed E-state index contributed by atoms with van der Waals surface area (Å²) in [5.41, 5.74) is 0.867. The van der Waals surface area contributed by atoms with Gasteiger partial charge in [-0.2, -0.15) is 0 Å². The molecule has 5 heteroatoms. The van der Waals surface area contributed by atoms with Crippen LogP contribution in [0.2, 0.25) is 0 Å². The van der Waals surface area contributed by atoms with Crippen molar-refractivity contribution in [1.82, 2.24) is 0 Å². The van der Waals surface area contributed by atoms with Crippen LogP contribution in [-0.4, -0.2) is 11.1 Å². The SMILES string of the molecule is O=C(O)c1c(CSCc2ccco2)oc2ccccc12. The second-order valence-electron chi connectivity index (χ2n) is 4.27. The third-order valence-corrected chi connectivity index (χ3v) is 3.89. The molecule has 0 aliphatic carbocycles. The number of furan rings is 2. The molecule has 0 saturated carbocycles. The summed E-state index contributed by atoms with van der Waals surface area (Å²) in [5, 5.41) is 9.99. The van der Waals surface area contributed by atoms with Crippen LogP contribution in [0.25, 0.3) is 11.0 Å². The van der Waals surface area contributed by atoms with Crippen LogP contribution >= 0.6 is 11.8 Å². The summed E-state index contributed by atoms with van der Waals surface area (Å²) in [6.07, 6.45) is 1.62. The summed E-state index contributed by atoms with van der Waals surface area (Å²) < 4.78 is 10.9. The number of aromatic carboxylic acids is 1. The number of carboxylic acids is 1. The molecule has 0 atom stereocenters. The van der Waals surface area contributed by atoms with Gasteiger partial charge in [0.25, 0.3) is 0 Å². The Morgan fingerprint density at radius 3 is 2.75 bits per heavy atom. The lowest BCUT2D eigenvalue weighted by atomic mass is 10.1. The Balaban J connectivity index is 1.83. The molecule has 3 aromatic rings. The van der Waals surface area contributed by atoms with Gasteiger partial charge in [-0.15, -0.1) is 11.8 Å². The zero-order chi connectivity index (χ0) is 13.9. The van der Waals surface area contributed by atoms with E-state index >= 15 is 0 Å². The first-order chi connectivity index (χ1) is 9.75. The van der Waals surface area contributed by atoms with Gasteiger partial charge in [0.2, 0.25) is 0 Å². The van der Waals surface area contributed by atoms with Crippen LogP contribution in [-0.2, 0) is 11.5 Å². The highest BCUT2D eigenvalue weighted by Crippen LogP contribution is 2.29. The van der Waals surface area contributed by atoms with E-state index in [-0.39, 0.29) is 5.56 Å². The third kappa shape index (κ3) is 2.44. The second kappa shape index (κ2) is 5.46. The molecule has 0 aliphatic heterocycles. The first-order valence-electron chi connectivity index (χ1n) is 6.09. The lowest BCUT2D eigenvalue weighted by molar-refractivity contribution is 0.0697. The number of thioether (sulfide) groups is 1. The Morgan fingerprint density at radius 2 is 2.00 bits per heavy atom. The van der Waals surface area contributed by atoms with Gasteiger partial charge in [-0.05, 0) is 18.2 Å². The van der Waals surface area contributed by atoms with Gasteiger partial charge in [-0.25, -0.2) is 4.79 Å². The standard InChI is InChI=1S/C15H12O4S/c16-15(17)14-11-5-1-2-6-12(11)19-13(14)9-20-8-10-4-3-7-18-10/h1-7H,8-9H2,(H,16,17). The number of carbonyl (C=O) groups is 1. The Labute approximate surface area is 119 Å². The van der Waals surface area contributed by atoms with E-state index in [1.807, 2.05) is 24.3 Å². The van der Waals surface area contributed by atoms with E-state index in [2.05, 4.69) is 0 Å². The van der Waals surface area contributed by atoms with Crippen LogP contribution in [0.5, 0.6) is 0 Å². The summed E-state index contributed by atoms with van der Waals surface area (Å²) >= 11 is 1.56. The van der Waals surface area contributed by atoms with E-state index in [0.29, 0.717) is 28.2 Å². The topological polar surface area (TPSA) is 63.6 Å². The average molecular weight is 288 g/mol. The Bertz CT molecular complexity index is 728. The molecule has 0 amide bonds. The van der Waals surface area contributed by atoms with Crippen molar-refractivity contribution < 1.29 is 18.7 Å². The molecule has 20 heavy (non-hydrogen) atoms. The molecule has 0 unspecified atom stereocenters. The summed E-state index contributed by atoms with van der Waals surface area (Å²) in [7, 11) is 0. The predicted octanol–water partition coefficient (Wildman–Crippen LogP) is 4.16. The highest BCUT2D eigenvalue weighted by Gasteiger charge is 2.19. The third-order valence-electron chi connectivity index (χ3n) is 2.94. The van der Waals surface area contributed by atoms with E-state index in [1.165, 1.54) is 0 Å². The van der Waals surface area contributed by atoms with E-state index < -0.39 is 5.97 Å². The molecule has 2 heterocycles. The highest BCUT2D eigenvalue weighted by atomic mass is 32.2. The molecule has 0 bridgehead atoms. The van der Waals surface area contributed by atoms with Crippen molar-refractivity contribution in [2.24, 2.45) is 0 Å². The maximum absolute atomic E-state index is 11.4. The molecule has 102 valence electrons. The molecule has 2 aromatic heterocycles. The van der Waals surface area contributed by atoms with Gasteiger partial charge in [-0.3, -0.25) is 0 Å². The van der Waals surface area contributed by atoms with Crippen molar-refractivity contribution in [3.05, 3.63) is 59.7 Å². The van der Waals surface area contributed by atoms with Crippen LogP contribution in [0, 0.1) is 0 Å². The van der Waals surface area contributed by atoms with Crippen LogP contribution < -0.4 is 0 Å². The van der Waals surface area contributed by atoms with Crippen molar-refractivity contribution in [2.45, 2.75) is 11.5 Å². The first-order valence-corrected chi connectivity index (χ1v) is 7.25. The number of benzene rings is 1. The maximum atomic E-state index is 11.4. The van der Waals surface area contributed by atoms with Gasteiger partial charge in [-0.1, -0.05) is 18.2 Å². The van der Waals surface area contributed by atoms with Gasteiger partial charge >= 0.3 is 5.97 Å². The monoisotopic (exact) mass is 288 g/mol. The molecule has 4 nitrogen and oxygen atoms in total. The molecular formula is C15H12O4S. The van der Waals surface area contributed by atoms with Gasteiger partial charge in [0.1, 0.15) is 22.7 Å². The largest absolute Gasteiger partial charge is 0.478 e. The van der Waals surface area contributed by atoms with E-state index in [1.54, 1.807) is 30.2 Å². The maximum Gasteiger partial charge on any atom is 0.339 e. The number of para-hydroxylation sites is 1. The van der Waals surface area contributed by atoms with Crippen LogP contribution in [0.1, 0.15) is 21.9 Å². The molecule has 0 fully saturated rings. The minimum atomic E-state index is -0.955. The molecule has 0 aliphatic rings. The van der Waals surface area contributed by atoms with Crippen molar-refractivity contribution in [3.63, 3.8) is 0 Å². The summed E-state index contributed by atoms with van der Waals surface area (Å²) in [6, 6.07) is 10.9. The van der Waals surface area contributed by atoms with Crippen molar-refractivity contribution in [1.29, 1.82) is 0 Å². The predicted molar refractivity (Wildman–Crippen MR) is 76.9 cm³/mol. The zero-order valence-electron chi connectivity index (χ0n) is 10.5. The summed E-state index contributed by atoms with van der Waals surface area (Å²) in [6.45, 7) is 0. The van der Waals surface area contributed by atoms with Crippen LogP contribution in [0.15, 0.2) is 51.5 Å². The van der Waals surface area contributed by atoms with Crippen molar-refractivity contribution >= 4 is 28.7 Å². The van der Waals surface area contributed by atoms with Gasteiger partial charge < -0.3 is 13.9 Å². The number of hydrogen-bond acceptors (Lipinski definition) is 4. The first kappa shape index (κ1) is 12.9. The Morgan fingerprint density at radius 1 is 1.15 bits per heavy atom. The van der Waals surface area contributed by atoms with E-state index in [0.717, 1.165) is 5.76 Å². The number of rotatable bonds is 5. The molecule has 1 aromatic carbocycles. The number of carboxylic acid groups (broad SMARTS) is 1. The summed E-state index contributed by atoms with van der Waals surface area (Å²) in [4.78, 5) is 11.4. The minimum Gasteiger partial charge on any atom is -0.478 e. The quantitative estimate of drug-likeness (QED) is 0.763. The van der Waals surface area contributed by atoms with Gasteiger partial charge in [0.15, 0.2) is 0 Å². The van der Waals surface area contributed by atoms with Gasteiger partial charge in [0, 0.05) is 5.39 Å². The molecule has 0 radical (unpaired) electrons. The summed E-state index contributed by atoms with van der Waals surface area (Å²) in [5.74, 6) is 1.59. The normalized spacial score (nSPS) is 11.0. The fourth-order valence-corrected chi connectivity index (χ4v) is 2.93. The Kier molecular flexibility index (Phi) is 3.52. The van der Waals surface area contributed by atoms with Crippen LogP contribution in [0.4, 0.5) is 0 Å². The molecular weight excluding hydrogens is 276 g/mol. The smallest absolute Gasteiger partial charge is 0.339 e. The average Bonchev–Trinajstić information content (AvgIpc) is 3.05. The van der Waals surface area contributed by atoms with E-state index in [9.17, 15) is 9.90 Å². The molecule has 1 N–H and O–H groups in total. The molecule has 3 rings (SSSR count). The molecule has 0 saturated heterocycles. The lowest BCUT2D eigenvalue weighted by Gasteiger charge is -1.98. The minimum absolute atomic E-state index is 0.257. The highest BCUT2D eigenvalue weighted by molar-refractivity contribution is 7.97. The fourth-order valence-electron chi connectivity index (χ4n) is 2.07. The lowest BCUT2D eigenvalue weighted by Crippen LogP contribution is -1.98. The van der Waals surface area contributed by atoms with E-state index in [4.69, 9.17) is 8.83 Å². The fraction of sp³-hybridized carbons (Fsp3) is 0.133. The van der Waals surface area contributed by atoms with Crippen LogP contribution in [0.3, 0.4) is 0 Å². The van der Waals surface area contributed by atoms with Gasteiger partial charge in [0.05, 0.1) is 17.8 Å². The second-order valence-corrected chi connectivity index (χ2v) is 5.26. The van der Waals surface area contributed by atoms with Crippen molar-refractivity contribution in [3.8, 4) is 0 Å². The molecule has 0 spiro atoms. The Hall–Kier alpha value is -2.14. The zero-order valence-corrected chi connectivity index (χ0v) is 11.4. The van der Waals surface area contributed by atoms with Crippen molar-refractivity contribution in [2.75, 3.05) is 0 Å². The number of hydrogen-bond donors (Lipinski definition) is 1. The number of fused-ring (bicyclic) bond motifs is 1.